The maximum Gasteiger partial charge on any atom is 0.408 e. The second-order valence-corrected chi connectivity index (χ2v) is 4.19. The first-order valence-electron chi connectivity index (χ1n) is 4.63. The van der Waals surface area contributed by atoms with Crippen LogP contribution in [0, 0.1) is 0 Å². The third-order valence-electron chi connectivity index (χ3n) is 1.50. The Bertz CT molecular complexity index is 263. The first kappa shape index (κ1) is 14.6. The van der Waals surface area contributed by atoms with E-state index < -0.39 is 36.5 Å². The molecule has 94 valence electrons. The van der Waals surface area contributed by atoms with Crippen LogP contribution in [0.25, 0.3) is 0 Å². The summed E-state index contributed by atoms with van der Waals surface area (Å²) in [7, 11) is 0. The number of nitrogens with one attached hydrogen (secondary N) is 1. The minimum absolute atomic E-state index is 0.779. The molecule has 0 heterocycles. The van der Waals surface area contributed by atoms with E-state index in [0.29, 0.717) is 0 Å². The zero-order valence-electron chi connectivity index (χ0n) is 9.36. The standard InChI is InChI=1S/C9H16FNO5/c1-9(2,3)16-8(15)11-5(4-10)6(12)7(13)14/h5-6,12H,4H2,1-3H3,(H,11,15)(H,13,14)/t5-,6+/m0/s1. The Morgan fingerprint density at radius 2 is 1.94 bits per heavy atom. The average molecular weight is 237 g/mol. The van der Waals surface area contributed by atoms with E-state index in [1.54, 1.807) is 20.8 Å². The van der Waals surface area contributed by atoms with Crippen molar-refractivity contribution in [1.82, 2.24) is 5.32 Å². The largest absolute Gasteiger partial charge is 0.479 e. The van der Waals surface area contributed by atoms with Crippen molar-refractivity contribution < 1.29 is 28.9 Å². The molecule has 1 amide bonds. The highest BCUT2D eigenvalue weighted by Gasteiger charge is 2.29. The molecule has 0 fully saturated rings. The minimum Gasteiger partial charge on any atom is -0.479 e. The number of hydrogen-bond acceptors (Lipinski definition) is 4. The van der Waals surface area contributed by atoms with Crippen molar-refractivity contribution in [2.75, 3.05) is 6.67 Å². The number of rotatable bonds is 4. The van der Waals surface area contributed by atoms with E-state index in [1.165, 1.54) is 0 Å². The molecule has 0 aliphatic carbocycles. The molecular formula is C9H16FNO5. The number of carbonyl (C=O) groups excluding carboxylic acids is 1. The fourth-order valence-electron chi connectivity index (χ4n) is 0.833. The van der Waals surface area contributed by atoms with Gasteiger partial charge in [0.25, 0.3) is 0 Å². The molecule has 0 aromatic heterocycles. The summed E-state index contributed by atoms with van der Waals surface area (Å²) in [5.74, 6) is -1.61. The van der Waals surface area contributed by atoms with Gasteiger partial charge in [0, 0.05) is 0 Å². The van der Waals surface area contributed by atoms with Gasteiger partial charge in [-0.05, 0) is 20.8 Å². The summed E-state index contributed by atoms with van der Waals surface area (Å²) in [6.07, 6.45) is -2.98. The number of carbonyl (C=O) groups is 2. The zero-order valence-corrected chi connectivity index (χ0v) is 9.36. The van der Waals surface area contributed by atoms with Crippen molar-refractivity contribution in [3.63, 3.8) is 0 Å². The molecule has 0 saturated carbocycles. The van der Waals surface area contributed by atoms with Gasteiger partial charge in [0.15, 0.2) is 6.10 Å². The molecule has 0 aliphatic rings. The number of aliphatic carboxylic acids is 1. The quantitative estimate of drug-likeness (QED) is 0.653. The zero-order chi connectivity index (χ0) is 12.9. The van der Waals surface area contributed by atoms with Crippen LogP contribution in [0.4, 0.5) is 9.18 Å². The van der Waals surface area contributed by atoms with Crippen molar-refractivity contribution in [1.29, 1.82) is 0 Å². The third-order valence-corrected chi connectivity index (χ3v) is 1.50. The van der Waals surface area contributed by atoms with Crippen molar-refractivity contribution in [3.05, 3.63) is 0 Å². The van der Waals surface area contributed by atoms with Gasteiger partial charge in [-0.3, -0.25) is 0 Å². The number of alkyl halides is 1. The lowest BCUT2D eigenvalue weighted by Gasteiger charge is -2.23. The van der Waals surface area contributed by atoms with Gasteiger partial charge in [-0.1, -0.05) is 0 Å². The van der Waals surface area contributed by atoms with Crippen LogP contribution in [0.1, 0.15) is 20.8 Å². The Labute approximate surface area is 92.4 Å². The third kappa shape index (κ3) is 5.50. The van der Waals surface area contributed by atoms with Gasteiger partial charge in [-0.15, -0.1) is 0 Å². The normalized spacial score (nSPS) is 15.1. The van der Waals surface area contributed by atoms with Crippen LogP contribution in [0.15, 0.2) is 0 Å². The smallest absolute Gasteiger partial charge is 0.408 e. The molecule has 0 aromatic rings. The van der Waals surface area contributed by atoms with Crippen molar-refractivity contribution >= 4 is 12.1 Å². The SMILES string of the molecule is CC(C)(C)OC(=O)N[C@@H](CF)[C@@H](O)C(=O)O. The van der Waals surface area contributed by atoms with E-state index in [1.807, 2.05) is 5.32 Å². The Morgan fingerprint density at radius 3 is 2.25 bits per heavy atom. The highest BCUT2D eigenvalue weighted by atomic mass is 19.1. The summed E-state index contributed by atoms with van der Waals surface area (Å²) < 4.78 is 17.1. The molecule has 3 N–H and O–H groups in total. The van der Waals surface area contributed by atoms with Gasteiger partial charge in [0.2, 0.25) is 0 Å². The monoisotopic (exact) mass is 237 g/mol. The lowest BCUT2D eigenvalue weighted by Crippen LogP contribution is -2.49. The minimum atomic E-state index is -2.00. The van der Waals surface area contributed by atoms with E-state index in [0.717, 1.165) is 0 Å². The first-order valence-corrected chi connectivity index (χ1v) is 4.63. The highest BCUT2D eigenvalue weighted by Crippen LogP contribution is 2.07. The Kier molecular flexibility index (Phi) is 5.16. The Morgan fingerprint density at radius 1 is 1.44 bits per heavy atom. The topological polar surface area (TPSA) is 95.9 Å². The second-order valence-electron chi connectivity index (χ2n) is 4.19. The van der Waals surface area contributed by atoms with Gasteiger partial charge >= 0.3 is 12.1 Å². The molecule has 0 aromatic carbocycles. The summed E-state index contributed by atoms with van der Waals surface area (Å²) in [4.78, 5) is 21.5. The number of aliphatic hydroxyl groups excluding tert-OH is 1. The van der Waals surface area contributed by atoms with Gasteiger partial charge in [-0.2, -0.15) is 0 Å². The van der Waals surface area contributed by atoms with E-state index in [9.17, 15) is 14.0 Å². The molecule has 6 nitrogen and oxygen atoms in total. The maximum absolute atomic E-state index is 12.4. The van der Waals surface area contributed by atoms with E-state index in [2.05, 4.69) is 0 Å². The van der Waals surface area contributed by atoms with Gasteiger partial charge < -0.3 is 20.3 Å². The molecule has 0 bridgehead atoms. The molecule has 0 saturated heterocycles. The number of aliphatic hydroxyl groups is 1. The summed E-state index contributed by atoms with van der Waals surface area (Å²) in [6, 6.07) is -1.52. The van der Waals surface area contributed by atoms with Crippen LogP contribution in [-0.4, -0.2) is 46.7 Å². The molecule has 7 heteroatoms. The number of carboxylic acids is 1. The van der Waals surface area contributed by atoms with Gasteiger partial charge in [0.05, 0.1) is 6.04 Å². The summed E-state index contributed by atoms with van der Waals surface area (Å²) in [5.41, 5.74) is -0.779. The Balaban J connectivity index is 4.33. The number of ether oxygens (including phenoxy) is 1. The van der Waals surface area contributed by atoms with E-state index >= 15 is 0 Å². The molecule has 0 aliphatic heterocycles. The van der Waals surface area contributed by atoms with E-state index in [-0.39, 0.29) is 0 Å². The number of amides is 1. The summed E-state index contributed by atoms with van der Waals surface area (Å²) >= 11 is 0. The number of halogens is 1. The highest BCUT2D eigenvalue weighted by molar-refractivity contribution is 5.75. The lowest BCUT2D eigenvalue weighted by molar-refractivity contribution is -0.148. The van der Waals surface area contributed by atoms with Crippen LogP contribution in [0.3, 0.4) is 0 Å². The molecule has 0 unspecified atom stereocenters. The average Bonchev–Trinajstić information content (AvgIpc) is 2.09. The number of carboxylic acid groups (broad SMARTS) is 1. The first-order chi connectivity index (χ1) is 7.17. The number of hydrogen-bond donors (Lipinski definition) is 3. The maximum atomic E-state index is 12.4. The number of alkyl carbamates (subject to hydrolysis) is 1. The van der Waals surface area contributed by atoms with Gasteiger partial charge in [-0.25, -0.2) is 14.0 Å². The van der Waals surface area contributed by atoms with E-state index in [4.69, 9.17) is 14.9 Å². The summed E-state index contributed by atoms with van der Waals surface area (Å²) in [5, 5.41) is 19.4. The fourth-order valence-corrected chi connectivity index (χ4v) is 0.833. The van der Waals surface area contributed by atoms with Crippen LogP contribution < -0.4 is 5.32 Å². The second kappa shape index (κ2) is 5.64. The molecular weight excluding hydrogens is 221 g/mol. The molecule has 16 heavy (non-hydrogen) atoms. The van der Waals surface area contributed by atoms with Crippen LogP contribution in [-0.2, 0) is 9.53 Å². The van der Waals surface area contributed by atoms with Crippen molar-refractivity contribution in [2.24, 2.45) is 0 Å². The van der Waals surface area contributed by atoms with Crippen molar-refractivity contribution in [2.45, 2.75) is 38.5 Å². The summed E-state index contributed by atoms with van der Waals surface area (Å²) in [6.45, 7) is 3.60. The van der Waals surface area contributed by atoms with Gasteiger partial charge in [0.1, 0.15) is 12.3 Å². The lowest BCUT2D eigenvalue weighted by atomic mass is 10.2. The molecule has 0 rings (SSSR count). The molecule has 0 spiro atoms. The molecule has 2 atom stereocenters. The van der Waals surface area contributed by atoms with Crippen LogP contribution in [0.2, 0.25) is 0 Å². The molecule has 0 radical (unpaired) electrons. The van der Waals surface area contributed by atoms with Crippen LogP contribution >= 0.6 is 0 Å². The van der Waals surface area contributed by atoms with Crippen molar-refractivity contribution in [3.8, 4) is 0 Å². The predicted octanol–water partition coefficient (Wildman–Crippen LogP) is 0.295. The Hall–Kier alpha value is -1.37. The predicted molar refractivity (Wildman–Crippen MR) is 52.8 cm³/mol. The van der Waals surface area contributed by atoms with Crippen LogP contribution in [0.5, 0.6) is 0 Å². The fraction of sp³-hybridized carbons (Fsp3) is 0.778.